The highest BCUT2D eigenvalue weighted by Crippen LogP contribution is 2.17. The quantitative estimate of drug-likeness (QED) is 0.754. The Bertz CT molecular complexity index is 391. The highest BCUT2D eigenvalue weighted by Gasteiger charge is 2.28. The van der Waals surface area contributed by atoms with Gasteiger partial charge in [-0.3, -0.25) is 4.90 Å². The van der Waals surface area contributed by atoms with Gasteiger partial charge in [-0.2, -0.15) is 4.31 Å². The number of piperazine rings is 1. The molecule has 0 N–H and O–H groups in total. The summed E-state index contributed by atoms with van der Waals surface area (Å²) in [4.78, 5) is 4.90. The van der Waals surface area contributed by atoms with Crippen molar-refractivity contribution >= 4 is 10.0 Å². The summed E-state index contributed by atoms with van der Waals surface area (Å²) in [6.45, 7) is 7.32. The van der Waals surface area contributed by atoms with Crippen LogP contribution in [-0.4, -0.2) is 80.6 Å². The molecule has 2 aliphatic rings. The van der Waals surface area contributed by atoms with Gasteiger partial charge in [-0.05, 0) is 32.9 Å². The first-order valence-corrected chi connectivity index (χ1v) is 9.54. The van der Waals surface area contributed by atoms with Gasteiger partial charge in [0.2, 0.25) is 10.0 Å². The lowest BCUT2D eigenvalue weighted by Gasteiger charge is -2.39. The second-order valence-electron chi connectivity index (χ2n) is 6.15. The second kappa shape index (κ2) is 7.20. The van der Waals surface area contributed by atoms with E-state index in [-0.39, 0.29) is 0 Å². The first kappa shape index (κ1) is 16.2. The Kier molecular flexibility index (Phi) is 5.84. The highest BCUT2D eigenvalue weighted by atomic mass is 32.2. The fourth-order valence-electron chi connectivity index (χ4n) is 3.25. The summed E-state index contributed by atoms with van der Waals surface area (Å²) in [5.74, 6) is 0.290. The number of likely N-dealkylation sites (N-methyl/N-ethyl adjacent to an activating group) is 1. The average molecular weight is 303 g/mol. The first-order valence-electron chi connectivity index (χ1n) is 7.93. The number of piperidine rings is 1. The summed E-state index contributed by atoms with van der Waals surface area (Å²) in [6, 6.07) is 0.655. The second-order valence-corrected chi connectivity index (χ2v) is 8.23. The van der Waals surface area contributed by atoms with Crippen molar-refractivity contribution in [3.05, 3.63) is 0 Å². The van der Waals surface area contributed by atoms with Crippen molar-refractivity contribution in [2.75, 3.05) is 52.1 Å². The molecule has 6 heteroatoms. The predicted octanol–water partition coefficient (Wildman–Crippen LogP) is 0.828. The van der Waals surface area contributed by atoms with E-state index in [2.05, 4.69) is 16.8 Å². The van der Waals surface area contributed by atoms with Gasteiger partial charge < -0.3 is 4.90 Å². The van der Waals surface area contributed by atoms with Gasteiger partial charge in [-0.25, -0.2) is 8.42 Å². The fraction of sp³-hybridized carbons (Fsp3) is 1.00. The van der Waals surface area contributed by atoms with Crippen molar-refractivity contribution in [3.8, 4) is 0 Å². The van der Waals surface area contributed by atoms with Gasteiger partial charge in [0.1, 0.15) is 0 Å². The molecule has 0 bridgehead atoms. The summed E-state index contributed by atoms with van der Waals surface area (Å²) in [5.41, 5.74) is 0. The predicted molar refractivity (Wildman–Crippen MR) is 82.4 cm³/mol. The summed E-state index contributed by atoms with van der Waals surface area (Å²) in [7, 11) is -0.790. The van der Waals surface area contributed by atoms with Crippen LogP contribution < -0.4 is 0 Å². The Balaban J connectivity index is 1.79. The Morgan fingerprint density at radius 1 is 1.05 bits per heavy atom. The van der Waals surface area contributed by atoms with E-state index in [0.29, 0.717) is 31.3 Å². The van der Waals surface area contributed by atoms with E-state index in [1.54, 1.807) is 4.31 Å². The number of nitrogens with zero attached hydrogens (tertiary/aromatic N) is 3. The summed E-state index contributed by atoms with van der Waals surface area (Å²) in [6.07, 6.45) is 4.64. The number of sulfonamides is 1. The molecule has 1 atom stereocenters. The SMILES string of the molecule is CCCS(=O)(=O)N1CCN(C[C@@H]2CCCCN2C)CC1. The molecule has 0 unspecified atom stereocenters. The topological polar surface area (TPSA) is 43.9 Å². The maximum atomic E-state index is 12.0. The third kappa shape index (κ3) is 4.16. The van der Waals surface area contributed by atoms with Crippen LogP contribution in [0.15, 0.2) is 0 Å². The van der Waals surface area contributed by atoms with Crippen LogP contribution in [0.1, 0.15) is 32.6 Å². The zero-order valence-corrected chi connectivity index (χ0v) is 13.7. The van der Waals surface area contributed by atoms with E-state index in [0.717, 1.165) is 19.6 Å². The number of hydrogen-bond donors (Lipinski definition) is 0. The van der Waals surface area contributed by atoms with Crippen LogP contribution in [-0.2, 0) is 10.0 Å². The smallest absolute Gasteiger partial charge is 0.214 e. The minimum Gasteiger partial charge on any atom is -0.302 e. The molecule has 2 saturated heterocycles. The minimum atomic E-state index is -3.00. The van der Waals surface area contributed by atoms with Crippen molar-refractivity contribution in [3.63, 3.8) is 0 Å². The summed E-state index contributed by atoms with van der Waals surface area (Å²) in [5, 5.41) is 0. The van der Waals surface area contributed by atoms with Gasteiger partial charge in [0.25, 0.3) is 0 Å². The third-order valence-corrected chi connectivity index (χ3v) is 6.65. The van der Waals surface area contributed by atoms with Gasteiger partial charge in [-0.15, -0.1) is 0 Å². The van der Waals surface area contributed by atoms with Gasteiger partial charge in [0.05, 0.1) is 5.75 Å². The van der Waals surface area contributed by atoms with E-state index in [1.165, 1.54) is 25.8 Å². The zero-order chi connectivity index (χ0) is 14.6. The lowest BCUT2D eigenvalue weighted by Crippen LogP contribution is -2.53. The third-order valence-electron chi connectivity index (χ3n) is 4.58. The van der Waals surface area contributed by atoms with E-state index < -0.39 is 10.0 Å². The monoisotopic (exact) mass is 303 g/mol. The average Bonchev–Trinajstić information content (AvgIpc) is 2.42. The van der Waals surface area contributed by atoms with Crippen molar-refractivity contribution in [2.45, 2.75) is 38.6 Å². The van der Waals surface area contributed by atoms with Gasteiger partial charge in [0, 0.05) is 38.8 Å². The highest BCUT2D eigenvalue weighted by molar-refractivity contribution is 7.89. The maximum Gasteiger partial charge on any atom is 0.214 e. The van der Waals surface area contributed by atoms with Crippen molar-refractivity contribution < 1.29 is 8.42 Å². The molecule has 0 aromatic carbocycles. The normalized spacial score (nSPS) is 27.8. The molecule has 2 fully saturated rings. The van der Waals surface area contributed by atoms with Gasteiger partial charge in [0.15, 0.2) is 0 Å². The molecule has 118 valence electrons. The molecule has 0 aromatic rings. The molecule has 20 heavy (non-hydrogen) atoms. The summed E-state index contributed by atoms with van der Waals surface area (Å²) >= 11 is 0. The van der Waals surface area contributed by atoms with Crippen LogP contribution in [0.5, 0.6) is 0 Å². The Morgan fingerprint density at radius 3 is 2.35 bits per heavy atom. The van der Waals surface area contributed by atoms with E-state index >= 15 is 0 Å². The fourth-order valence-corrected chi connectivity index (χ4v) is 4.74. The minimum absolute atomic E-state index is 0.290. The Morgan fingerprint density at radius 2 is 1.75 bits per heavy atom. The molecular formula is C14H29N3O2S. The number of likely N-dealkylation sites (tertiary alicyclic amines) is 1. The Hall–Kier alpha value is -0.170. The molecule has 5 nitrogen and oxygen atoms in total. The van der Waals surface area contributed by atoms with Gasteiger partial charge in [-0.1, -0.05) is 13.3 Å². The molecule has 0 aliphatic carbocycles. The lowest BCUT2D eigenvalue weighted by atomic mass is 10.0. The lowest BCUT2D eigenvalue weighted by molar-refractivity contribution is 0.106. The molecule has 2 aliphatic heterocycles. The largest absolute Gasteiger partial charge is 0.302 e. The summed E-state index contributed by atoms with van der Waals surface area (Å²) < 4.78 is 25.7. The molecule has 0 aromatic heterocycles. The van der Waals surface area contributed by atoms with Gasteiger partial charge >= 0.3 is 0 Å². The number of hydrogen-bond acceptors (Lipinski definition) is 4. The zero-order valence-electron chi connectivity index (χ0n) is 12.9. The van der Waals surface area contributed by atoms with Crippen LogP contribution in [0, 0.1) is 0 Å². The number of rotatable bonds is 5. The van der Waals surface area contributed by atoms with Crippen molar-refractivity contribution in [2.24, 2.45) is 0 Å². The molecule has 0 spiro atoms. The van der Waals surface area contributed by atoms with Crippen molar-refractivity contribution in [1.29, 1.82) is 0 Å². The van der Waals surface area contributed by atoms with Crippen LogP contribution >= 0.6 is 0 Å². The maximum absolute atomic E-state index is 12.0. The van der Waals surface area contributed by atoms with E-state index in [9.17, 15) is 8.42 Å². The molecule has 2 heterocycles. The van der Waals surface area contributed by atoms with Crippen LogP contribution in [0.4, 0.5) is 0 Å². The molecule has 0 amide bonds. The van der Waals surface area contributed by atoms with Crippen LogP contribution in [0.25, 0.3) is 0 Å². The first-order chi connectivity index (χ1) is 9.53. The standard InChI is InChI=1S/C14H29N3O2S/c1-3-12-20(18,19)17-10-8-16(9-11-17)13-14-6-4-5-7-15(14)2/h14H,3-13H2,1-2H3/t14-/m0/s1. The van der Waals surface area contributed by atoms with Crippen LogP contribution in [0.3, 0.4) is 0 Å². The molecular weight excluding hydrogens is 274 g/mol. The van der Waals surface area contributed by atoms with E-state index in [4.69, 9.17) is 0 Å². The van der Waals surface area contributed by atoms with Crippen molar-refractivity contribution in [1.82, 2.24) is 14.1 Å². The molecule has 0 radical (unpaired) electrons. The molecule has 0 saturated carbocycles. The molecule has 2 rings (SSSR count). The Labute approximate surface area is 124 Å². The van der Waals surface area contributed by atoms with Crippen LogP contribution in [0.2, 0.25) is 0 Å². The van der Waals surface area contributed by atoms with E-state index in [1.807, 2.05) is 6.92 Å².